The van der Waals surface area contributed by atoms with Crippen molar-refractivity contribution in [1.29, 1.82) is 0 Å². The van der Waals surface area contributed by atoms with Crippen LogP contribution < -0.4 is 14.2 Å². The summed E-state index contributed by atoms with van der Waals surface area (Å²) in [5.41, 5.74) is 3.07. The lowest BCUT2D eigenvalue weighted by molar-refractivity contribution is 0.217. The molecule has 1 heterocycles. The topological polar surface area (TPSA) is 40.6 Å². The van der Waals surface area contributed by atoms with Crippen LogP contribution in [0.5, 0.6) is 17.2 Å². The van der Waals surface area contributed by atoms with Crippen molar-refractivity contribution in [3.63, 3.8) is 0 Å². The number of alkyl halides is 1. The van der Waals surface area contributed by atoms with Gasteiger partial charge in [-0.05, 0) is 54.1 Å². The average Bonchev–Trinajstić information content (AvgIpc) is 2.73. The third-order valence-electron chi connectivity index (χ3n) is 4.88. The van der Waals surface area contributed by atoms with Gasteiger partial charge in [0.25, 0.3) is 0 Å². The summed E-state index contributed by atoms with van der Waals surface area (Å²) in [5, 5.41) is 2.05. The molecule has 1 unspecified atom stereocenters. The Kier molecular flexibility index (Phi) is 6.63. The van der Waals surface area contributed by atoms with Gasteiger partial charge in [-0.3, -0.25) is 4.98 Å². The zero-order valence-corrected chi connectivity index (χ0v) is 17.5. The van der Waals surface area contributed by atoms with E-state index in [1.54, 1.807) is 14.2 Å². The molecule has 0 saturated carbocycles. The summed E-state index contributed by atoms with van der Waals surface area (Å²) in [6, 6.07) is 12.1. The first kappa shape index (κ1) is 20.3. The number of ether oxygens (including phenoxy) is 3. The van der Waals surface area contributed by atoms with E-state index in [-0.39, 0.29) is 6.10 Å². The molecule has 0 bridgehead atoms. The Morgan fingerprint density at radius 1 is 1.04 bits per heavy atom. The SMILES string of the molecule is CCC(C)Oc1cccc(Cc2ncc(CCl)c3cc(OC)c(OC)cc23)c1. The minimum atomic E-state index is 0.189. The average molecular weight is 400 g/mol. The van der Waals surface area contributed by atoms with E-state index < -0.39 is 0 Å². The van der Waals surface area contributed by atoms with Gasteiger partial charge in [0.05, 0.1) is 26.0 Å². The lowest BCUT2D eigenvalue weighted by Gasteiger charge is -2.15. The first-order valence-electron chi connectivity index (χ1n) is 9.43. The van der Waals surface area contributed by atoms with Crippen molar-refractivity contribution in [3.05, 3.63) is 59.4 Å². The summed E-state index contributed by atoms with van der Waals surface area (Å²) in [4.78, 5) is 4.69. The second-order valence-electron chi connectivity index (χ2n) is 6.78. The summed E-state index contributed by atoms with van der Waals surface area (Å²) in [7, 11) is 3.27. The molecule has 0 aliphatic heterocycles. The molecule has 1 aromatic heterocycles. The van der Waals surface area contributed by atoms with Gasteiger partial charge in [-0.2, -0.15) is 0 Å². The van der Waals surface area contributed by atoms with Crippen molar-refractivity contribution in [2.75, 3.05) is 14.2 Å². The standard InChI is InChI=1S/C23H26ClNO3/c1-5-15(2)28-18-8-6-7-16(9-18)10-21-20-12-23(27-4)22(26-3)11-19(20)17(13-24)14-25-21/h6-9,11-12,14-15H,5,10,13H2,1-4H3. The first-order valence-corrected chi connectivity index (χ1v) is 9.97. The van der Waals surface area contributed by atoms with Crippen LogP contribution in [0.2, 0.25) is 0 Å². The number of halogens is 1. The van der Waals surface area contributed by atoms with Crippen LogP contribution in [0.25, 0.3) is 10.8 Å². The molecule has 2 aromatic carbocycles. The van der Waals surface area contributed by atoms with Crippen molar-refractivity contribution in [2.45, 2.75) is 38.7 Å². The van der Waals surface area contributed by atoms with Gasteiger partial charge in [-0.25, -0.2) is 0 Å². The second-order valence-corrected chi connectivity index (χ2v) is 7.04. The van der Waals surface area contributed by atoms with E-state index >= 15 is 0 Å². The van der Waals surface area contributed by atoms with E-state index in [0.29, 0.717) is 23.8 Å². The Balaban J connectivity index is 2.03. The molecule has 1 atom stereocenters. The Labute approximate surface area is 171 Å². The summed E-state index contributed by atoms with van der Waals surface area (Å²) < 4.78 is 16.9. The molecule has 4 nitrogen and oxygen atoms in total. The van der Waals surface area contributed by atoms with E-state index in [4.69, 9.17) is 25.8 Å². The van der Waals surface area contributed by atoms with Crippen molar-refractivity contribution in [2.24, 2.45) is 0 Å². The molecular formula is C23H26ClNO3. The normalized spacial score (nSPS) is 12.0. The number of benzene rings is 2. The van der Waals surface area contributed by atoms with Crippen molar-refractivity contribution in [3.8, 4) is 17.2 Å². The Morgan fingerprint density at radius 2 is 1.75 bits per heavy atom. The molecule has 3 rings (SSSR count). The Morgan fingerprint density at radius 3 is 2.39 bits per heavy atom. The smallest absolute Gasteiger partial charge is 0.161 e. The van der Waals surface area contributed by atoms with E-state index in [2.05, 4.69) is 31.0 Å². The molecule has 0 radical (unpaired) electrons. The molecule has 28 heavy (non-hydrogen) atoms. The van der Waals surface area contributed by atoms with Crippen LogP contribution in [-0.4, -0.2) is 25.3 Å². The van der Waals surface area contributed by atoms with Gasteiger partial charge in [-0.15, -0.1) is 11.6 Å². The van der Waals surface area contributed by atoms with Crippen molar-refractivity contribution >= 4 is 22.4 Å². The van der Waals surface area contributed by atoms with Crippen LogP contribution in [0.1, 0.15) is 37.1 Å². The molecule has 3 aromatic rings. The van der Waals surface area contributed by atoms with Gasteiger partial charge in [0.15, 0.2) is 11.5 Å². The van der Waals surface area contributed by atoms with Crippen molar-refractivity contribution in [1.82, 2.24) is 4.98 Å². The summed E-state index contributed by atoms with van der Waals surface area (Å²) in [6.45, 7) is 4.19. The number of nitrogens with zero attached hydrogens (tertiary/aromatic N) is 1. The highest BCUT2D eigenvalue weighted by molar-refractivity contribution is 6.18. The quantitative estimate of drug-likeness (QED) is 0.451. The number of methoxy groups -OCH3 is 2. The molecule has 0 spiro atoms. The van der Waals surface area contributed by atoms with E-state index in [1.807, 2.05) is 30.5 Å². The molecular weight excluding hydrogens is 374 g/mol. The highest BCUT2D eigenvalue weighted by Crippen LogP contribution is 2.35. The third kappa shape index (κ3) is 4.33. The summed E-state index contributed by atoms with van der Waals surface area (Å²) in [6.07, 6.45) is 3.69. The largest absolute Gasteiger partial charge is 0.493 e. The van der Waals surface area contributed by atoms with E-state index in [0.717, 1.165) is 39.8 Å². The fraction of sp³-hybridized carbons (Fsp3) is 0.348. The maximum absolute atomic E-state index is 6.14. The molecule has 0 aliphatic rings. The fourth-order valence-electron chi connectivity index (χ4n) is 3.16. The molecule has 0 N–H and O–H groups in total. The van der Waals surface area contributed by atoms with Gasteiger partial charge in [-0.1, -0.05) is 19.1 Å². The number of aromatic nitrogens is 1. The second kappa shape index (κ2) is 9.16. The zero-order valence-electron chi connectivity index (χ0n) is 16.8. The predicted molar refractivity (Wildman–Crippen MR) is 114 cm³/mol. The monoisotopic (exact) mass is 399 g/mol. The molecule has 0 saturated heterocycles. The van der Waals surface area contributed by atoms with Crippen LogP contribution >= 0.6 is 11.6 Å². The lowest BCUT2D eigenvalue weighted by Crippen LogP contribution is -2.09. The Bertz CT molecular complexity index is 958. The number of hydrogen-bond acceptors (Lipinski definition) is 4. The molecule has 0 aliphatic carbocycles. The van der Waals surface area contributed by atoms with Crippen LogP contribution in [0.3, 0.4) is 0 Å². The highest BCUT2D eigenvalue weighted by Gasteiger charge is 2.14. The minimum Gasteiger partial charge on any atom is -0.493 e. The van der Waals surface area contributed by atoms with Gasteiger partial charge >= 0.3 is 0 Å². The molecule has 0 amide bonds. The maximum atomic E-state index is 6.14. The van der Waals surface area contributed by atoms with Crippen LogP contribution in [-0.2, 0) is 12.3 Å². The van der Waals surface area contributed by atoms with Gasteiger partial charge in [0.2, 0.25) is 0 Å². The number of pyridine rings is 1. The summed E-state index contributed by atoms with van der Waals surface area (Å²) in [5.74, 6) is 2.63. The van der Waals surface area contributed by atoms with Gasteiger partial charge < -0.3 is 14.2 Å². The number of rotatable bonds is 8. The minimum absolute atomic E-state index is 0.189. The van der Waals surface area contributed by atoms with E-state index in [1.165, 1.54) is 0 Å². The molecule has 5 heteroatoms. The zero-order chi connectivity index (χ0) is 20.1. The van der Waals surface area contributed by atoms with Crippen molar-refractivity contribution < 1.29 is 14.2 Å². The number of fused-ring (bicyclic) bond motifs is 1. The molecule has 148 valence electrons. The van der Waals surface area contributed by atoms with E-state index in [9.17, 15) is 0 Å². The fourth-order valence-corrected chi connectivity index (χ4v) is 3.38. The van der Waals surface area contributed by atoms with Crippen LogP contribution in [0.15, 0.2) is 42.6 Å². The Hall–Kier alpha value is -2.46. The lowest BCUT2D eigenvalue weighted by atomic mass is 10.0. The van der Waals surface area contributed by atoms with Crippen LogP contribution in [0, 0.1) is 0 Å². The van der Waals surface area contributed by atoms with Gasteiger partial charge in [0, 0.05) is 23.9 Å². The highest BCUT2D eigenvalue weighted by atomic mass is 35.5. The third-order valence-corrected chi connectivity index (χ3v) is 5.17. The first-order chi connectivity index (χ1) is 13.6. The van der Waals surface area contributed by atoms with Gasteiger partial charge in [0.1, 0.15) is 5.75 Å². The van der Waals surface area contributed by atoms with Crippen LogP contribution in [0.4, 0.5) is 0 Å². The maximum Gasteiger partial charge on any atom is 0.161 e. The summed E-state index contributed by atoms with van der Waals surface area (Å²) >= 11 is 6.14. The predicted octanol–water partition coefficient (Wildman–Crippen LogP) is 5.76. The number of hydrogen-bond donors (Lipinski definition) is 0. The molecule has 0 fully saturated rings.